The summed E-state index contributed by atoms with van der Waals surface area (Å²) in [6.07, 6.45) is 1.04. The highest BCUT2D eigenvalue weighted by molar-refractivity contribution is 9.10. The summed E-state index contributed by atoms with van der Waals surface area (Å²) in [5.74, 6) is 0.163. The molecule has 3 N–H and O–H groups in total. The van der Waals surface area contributed by atoms with Crippen LogP contribution in [0, 0.1) is 5.92 Å². The van der Waals surface area contributed by atoms with Crippen LogP contribution in [0.15, 0.2) is 53.0 Å². The number of nitrogens with zero attached hydrogens (tertiary/aromatic N) is 1. The molecular formula is C21H24BrClN4O2. The average molecular weight is 480 g/mol. The van der Waals surface area contributed by atoms with E-state index in [0.29, 0.717) is 36.1 Å². The first-order valence-electron chi connectivity index (χ1n) is 9.58. The van der Waals surface area contributed by atoms with Crippen LogP contribution in [0.1, 0.15) is 16.8 Å². The zero-order valence-electron chi connectivity index (χ0n) is 16.0. The summed E-state index contributed by atoms with van der Waals surface area (Å²) in [5.41, 5.74) is 1.62. The number of hydrogen-bond donors (Lipinski definition) is 3. The Bertz CT molecular complexity index is 864. The van der Waals surface area contributed by atoms with E-state index in [-0.39, 0.29) is 11.9 Å². The normalized spacial score (nSPS) is 15.8. The van der Waals surface area contributed by atoms with Gasteiger partial charge >= 0.3 is 6.03 Å². The molecule has 2 aromatic carbocycles. The molecule has 154 valence electrons. The van der Waals surface area contributed by atoms with Gasteiger partial charge in [0, 0.05) is 42.9 Å². The fourth-order valence-corrected chi connectivity index (χ4v) is 3.91. The average Bonchev–Trinajstić information content (AvgIpc) is 3.19. The van der Waals surface area contributed by atoms with E-state index in [1.54, 1.807) is 24.3 Å². The minimum Gasteiger partial charge on any atom is -0.371 e. The van der Waals surface area contributed by atoms with Gasteiger partial charge in [0.15, 0.2) is 0 Å². The van der Waals surface area contributed by atoms with E-state index in [9.17, 15) is 9.59 Å². The summed E-state index contributed by atoms with van der Waals surface area (Å²) in [5, 5.41) is 8.83. The Morgan fingerprint density at radius 2 is 1.86 bits per heavy atom. The van der Waals surface area contributed by atoms with Gasteiger partial charge in [-0.05, 0) is 42.7 Å². The van der Waals surface area contributed by atoms with Gasteiger partial charge in [-0.15, -0.1) is 0 Å². The molecule has 3 amide bonds. The number of urea groups is 1. The molecule has 1 aliphatic heterocycles. The SMILES string of the molecule is O=C(NCCNC(=O)c1ccccc1Cl)NCC1CCN(c2cccc(Br)c2)C1. The van der Waals surface area contributed by atoms with E-state index in [2.05, 4.69) is 48.9 Å². The van der Waals surface area contributed by atoms with Crippen LogP contribution in [0.5, 0.6) is 0 Å². The molecule has 1 fully saturated rings. The molecule has 1 atom stereocenters. The van der Waals surface area contributed by atoms with Crippen molar-refractivity contribution in [2.75, 3.05) is 37.6 Å². The molecule has 3 rings (SSSR count). The molecule has 0 spiro atoms. The maximum Gasteiger partial charge on any atom is 0.314 e. The van der Waals surface area contributed by atoms with E-state index >= 15 is 0 Å². The van der Waals surface area contributed by atoms with Crippen molar-refractivity contribution in [1.82, 2.24) is 16.0 Å². The van der Waals surface area contributed by atoms with Crippen molar-refractivity contribution in [3.05, 3.63) is 63.6 Å². The quantitative estimate of drug-likeness (QED) is 0.531. The Kier molecular flexibility index (Phi) is 7.77. The number of carbonyl (C=O) groups excluding carboxylic acids is 2. The van der Waals surface area contributed by atoms with Crippen molar-refractivity contribution in [1.29, 1.82) is 0 Å². The van der Waals surface area contributed by atoms with Gasteiger partial charge in [0.25, 0.3) is 5.91 Å². The van der Waals surface area contributed by atoms with Gasteiger partial charge in [0.1, 0.15) is 0 Å². The molecule has 2 aromatic rings. The van der Waals surface area contributed by atoms with Crippen molar-refractivity contribution >= 4 is 45.2 Å². The van der Waals surface area contributed by atoms with Crippen molar-refractivity contribution < 1.29 is 9.59 Å². The Hall–Kier alpha value is -2.25. The second-order valence-electron chi connectivity index (χ2n) is 6.95. The lowest BCUT2D eigenvalue weighted by Gasteiger charge is -2.19. The van der Waals surface area contributed by atoms with Gasteiger partial charge in [0.05, 0.1) is 10.6 Å². The highest BCUT2D eigenvalue weighted by Crippen LogP contribution is 2.25. The van der Waals surface area contributed by atoms with E-state index in [1.807, 2.05) is 12.1 Å². The van der Waals surface area contributed by atoms with Gasteiger partial charge in [-0.3, -0.25) is 4.79 Å². The van der Waals surface area contributed by atoms with Crippen molar-refractivity contribution in [2.45, 2.75) is 6.42 Å². The number of hydrogen-bond acceptors (Lipinski definition) is 3. The molecule has 29 heavy (non-hydrogen) atoms. The van der Waals surface area contributed by atoms with Crippen LogP contribution in [-0.2, 0) is 0 Å². The van der Waals surface area contributed by atoms with Gasteiger partial charge in [-0.1, -0.05) is 45.7 Å². The van der Waals surface area contributed by atoms with Crippen LogP contribution in [0.3, 0.4) is 0 Å². The van der Waals surface area contributed by atoms with Crippen molar-refractivity contribution in [3.8, 4) is 0 Å². The lowest BCUT2D eigenvalue weighted by atomic mass is 10.1. The third kappa shape index (κ3) is 6.37. The number of carbonyl (C=O) groups is 2. The molecule has 0 aromatic heterocycles. The predicted octanol–water partition coefficient (Wildman–Crippen LogP) is 3.66. The monoisotopic (exact) mass is 478 g/mol. The summed E-state index contributed by atoms with van der Waals surface area (Å²) in [6, 6.07) is 14.9. The number of anilines is 1. The van der Waals surface area contributed by atoms with E-state index in [4.69, 9.17) is 11.6 Å². The molecule has 1 saturated heterocycles. The second kappa shape index (κ2) is 10.5. The molecule has 1 unspecified atom stereocenters. The zero-order valence-corrected chi connectivity index (χ0v) is 18.3. The number of benzene rings is 2. The minimum atomic E-state index is -0.253. The van der Waals surface area contributed by atoms with Gasteiger partial charge in [-0.2, -0.15) is 0 Å². The van der Waals surface area contributed by atoms with Crippen LogP contribution in [0.2, 0.25) is 5.02 Å². The van der Waals surface area contributed by atoms with Crippen LogP contribution < -0.4 is 20.9 Å². The van der Waals surface area contributed by atoms with Crippen LogP contribution in [0.25, 0.3) is 0 Å². The van der Waals surface area contributed by atoms with Gasteiger partial charge in [0.2, 0.25) is 0 Å². The first-order valence-corrected chi connectivity index (χ1v) is 10.7. The first-order chi connectivity index (χ1) is 14.0. The fourth-order valence-electron chi connectivity index (χ4n) is 3.30. The molecule has 0 aliphatic carbocycles. The Balaban J connectivity index is 1.31. The first kappa shape index (κ1) is 21.5. The molecule has 1 aliphatic rings. The van der Waals surface area contributed by atoms with Gasteiger partial charge in [-0.25, -0.2) is 4.79 Å². The number of halogens is 2. The molecular weight excluding hydrogens is 456 g/mol. The van der Waals surface area contributed by atoms with Crippen LogP contribution in [-0.4, -0.2) is 44.7 Å². The lowest BCUT2D eigenvalue weighted by molar-refractivity contribution is 0.0954. The summed E-state index contributed by atoms with van der Waals surface area (Å²) in [6.45, 7) is 3.21. The maximum absolute atomic E-state index is 12.0. The van der Waals surface area contributed by atoms with Gasteiger partial charge < -0.3 is 20.9 Å². The lowest BCUT2D eigenvalue weighted by Crippen LogP contribution is -2.42. The van der Waals surface area contributed by atoms with Crippen LogP contribution >= 0.6 is 27.5 Å². The third-order valence-electron chi connectivity index (χ3n) is 4.83. The van der Waals surface area contributed by atoms with Crippen molar-refractivity contribution in [3.63, 3.8) is 0 Å². The Morgan fingerprint density at radius 1 is 1.07 bits per heavy atom. The second-order valence-corrected chi connectivity index (χ2v) is 8.28. The van der Waals surface area contributed by atoms with Crippen molar-refractivity contribution in [2.24, 2.45) is 5.92 Å². The largest absolute Gasteiger partial charge is 0.371 e. The third-order valence-corrected chi connectivity index (χ3v) is 5.65. The summed E-state index contributed by atoms with van der Waals surface area (Å²) in [7, 11) is 0. The van der Waals surface area contributed by atoms with Crippen LogP contribution in [0.4, 0.5) is 10.5 Å². The number of rotatable bonds is 7. The number of amides is 3. The molecule has 8 heteroatoms. The molecule has 1 heterocycles. The summed E-state index contributed by atoms with van der Waals surface area (Å²) >= 11 is 9.50. The molecule has 0 bridgehead atoms. The highest BCUT2D eigenvalue weighted by Gasteiger charge is 2.23. The van der Waals surface area contributed by atoms with E-state index in [1.165, 1.54) is 5.69 Å². The Morgan fingerprint density at radius 3 is 2.66 bits per heavy atom. The standard InChI is InChI=1S/C21H24BrClN4O2/c22-16-4-3-5-17(12-16)27-11-8-15(14-27)13-26-21(29)25-10-9-24-20(28)18-6-1-2-7-19(18)23/h1-7,12,15H,8-11,13-14H2,(H,24,28)(H2,25,26,29). The summed E-state index contributed by atoms with van der Waals surface area (Å²) in [4.78, 5) is 26.4. The minimum absolute atomic E-state index is 0.224. The topological polar surface area (TPSA) is 73.5 Å². The van der Waals surface area contributed by atoms with E-state index < -0.39 is 0 Å². The fraction of sp³-hybridized carbons (Fsp3) is 0.333. The molecule has 0 saturated carbocycles. The summed E-state index contributed by atoms with van der Waals surface area (Å²) < 4.78 is 1.07. The maximum atomic E-state index is 12.0. The van der Waals surface area contributed by atoms with E-state index in [0.717, 1.165) is 24.0 Å². The number of nitrogens with one attached hydrogen (secondary N) is 3. The molecule has 0 radical (unpaired) electrons. The predicted molar refractivity (Wildman–Crippen MR) is 120 cm³/mol. The zero-order chi connectivity index (χ0) is 20.6. The highest BCUT2D eigenvalue weighted by atomic mass is 79.9. The Labute approximate surface area is 184 Å². The molecule has 6 nitrogen and oxygen atoms in total. The smallest absolute Gasteiger partial charge is 0.314 e.